The summed E-state index contributed by atoms with van der Waals surface area (Å²) < 4.78 is 12.3. The van der Waals surface area contributed by atoms with Gasteiger partial charge in [0.05, 0.1) is 42.3 Å². The lowest BCUT2D eigenvalue weighted by Crippen LogP contribution is -2.63. The topological polar surface area (TPSA) is 586 Å². The first-order valence-electron chi connectivity index (χ1n) is 47.3. The molecule has 36 nitrogen and oxygen atoms in total. The lowest BCUT2D eigenvalue weighted by molar-refractivity contribution is -0.144. The van der Waals surface area contributed by atoms with E-state index in [1.807, 2.05) is 12.2 Å². The number of Topliss-reactive ketones (excluding diaryl/α,β-unsaturated/α-hetero) is 7. The van der Waals surface area contributed by atoms with Gasteiger partial charge in [0.15, 0.2) is 17.2 Å². The number of aliphatic carboxylic acids is 1. The van der Waals surface area contributed by atoms with Crippen molar-refractivity contribution in [2.24, 2.45) is 35.1 Å². The highest BCUT2D eigenvalue weighted by Gasteiger charge is 2.55. The molecule has 1 fully saturated rings. The lowest BCUT2D eigenvalue weighted by atomic mass is 9.77. The van der Waals surface area contributed by atoms with Gasteiger partial charge in [0, 0.05) is 108 Å². The van der Waals surface area contributed by atoms with Gasteiger partial charge >= 0.3 is 11.9 Å². The number of carbonyl (C=O) groups is 17. The number of aliphatic hydroxyl groups is 1. The van der Waals surface area contributed by atoms with E-state index in [4.69, 9.17) is 20.9 Å². The molecule has 139 heavy (non-hydrogen) atoms. The summed E-state index contributed by atoms with van der Waals surface area (Å²) in [6.07, 6.45) is 6.09. The summed E-state index contributed by atoms with van der Waals surface area (Å²) in [4.78, 5) is 247. The number of nitrogens with two attached hydrogens (primary N) is 2. The molecule has 19 N–H and O–H groups in total. The summed E-state index contributed by atoms with van der Waals surface area (Å²) in [6.45, 7) is 5.32. The molecule has 8 amide bonds. The van der Waals surface area contributed by atoms with Gasteiger partial charge in [-0.15, -0.1) is 0 Å². The third-order valence-electron chi connectivity index (χ3n) is 26.4. The maximum Gasteiger partial charge on any atom is 0.340 e. The van der Waals surface area contributed by atoms with Gasteiger partial charge in [0.1, 0.15) is 63.7 Å². The second-order valence-electron chi connectivity index (χ2n) is 37.2. The molecule has 4 aliphatic rings. The van der Waals surface area contributed by atoms with Crippen LogP contribution in [-0.4, -0.2) is 197 Å². The Balaban J connectivity index is 0.884. The zero-order valence-corrected chi connectivity index (χ0v) is 78.5. The Labute approximate surface area is 803 Å². The number of hydrazine groups is 1. The van der Waals surface area contributed by atoms with Crippen molar-refractivity contribution in [3.8, 4) is 28.7 Å². The zero-order chi connectivity index (χ0) is 101. The molecule has 0 saturated heterocycles. The second kappa shape index (κ2) is 48.4. The van der Waals surface area contributed by atoms with Crippen molar-refractivity contribution in [3.63, 3.8) is 0 Å². The Morgan fingerprint density at radius 2 is 1.24 bits per heavy atom. The van der Waals surface area contributed by atoms with Crippen LogP contribution in [0.4, 0.5) is 0 Å². The quantitative estimate of drug-likeness (QED) is 0.00871. The number of carboxylic acids is 1. The Kier molecular flexibility index (Phi) is 36.7. The van der Waals surface area contributed by atoms with Gasteiger partial charge in [-0.25, -0.2) is 15.6 Å². The molecule has 1 spiro atoms. The van der Waals surface area contributed by atoms with Gasteiger partial charge in [-0.1, -0.05) is 123 Å². The molecule has 6 aromatic carbocycles. The van der Waals surface area contributed by atoms with E-state index in [9.17, 15) is 78.3 Å². The summed E-state index contributed by atoms with van der Waals surface area (Å²) in [7, 11) is 0. The number of H-pyrrole nitrogens is 1. The number of nitrogens with one attached hydrogen (secondary N) is 10. The molecular weight excluding hydrogens is 1790 g/mol. The van der Waals surface area contributed by atoms with E-state index >= 15 is 28.8 Å². The van der Waals surface area contributed by atoms with Crippen molar-refractivity contribution in [1.29, 1.82) is 0 Å². The Morgan fingerprint density at radius 1 is 0.597 bits per heavy atom. The number of phenols is 3. The molecule has 1 saturated carbocycles. The highest BCUT2D eigenvalue weighted by Crippen LogP contribution is 2.57. The number of hydrogen-bond acceptors (Lipinski definition) is 26. The lowest BCUT2D eigenvalue weighted by Gasteiger charge is -2.36. The predicted octanol–water partition coefficient (Wildman–Crippen LogP) is 7.39. The van der Waals surface area contributed by atoms with Crippen molar-refractivity contribution in [2.45, 2.75) is 254 Å². The van der Waals surface area contributed by atoms with Gasteiger partial charge in [-0.3, -0.25) is 76.7 Å². The molecule has 11 rings (SSSR count). The minimum absolute atomic E-state index is 0.0116. The maximum atomic E-state index is 15.7. The fourth-order valence-electron chi connectivity index (χ4n) is 18.0. The number of ether oxygens (including phenoxy) is 2. The average molecular weight is 1910 g/mol. The SMILES string of the molecule is CC(NC(=O)[C@H](C)NC(=O)C(CO)NC(=O)[C@]1(C)CCC/C=C/CCCCCC[C@@](C)(NC(=O)[C@@H](CC(=O)CCCC(=O)c2ccc3c(c2)C(=O)OC32c3ccc(O)cc3Oc3cc(O)ccc32)Cc2ccccc2)C(=O)C(=O)[C@H](CCC(=O)O)NN[C@@H](Cc2ccc(O)cc2)C(=O)C[C@@H](Cc2c[nH]c3ccccc23)C(=O)NC(C)C(=O)C(=O)[C@H](CCC(N)=O)NC[C@@H](CC2CCC2)C(=O)N1)C(N)=O. The third-order valence-corrected chi connectivity index (χ3v) is 26.4. The molecule has 7 aromatic rings. The van der Waals surface area contributed by atoms with Crippen LogP contribution >= 0.6 is 0 Å². The number of amides is 8. The van der Waals surface area contributed by atoms with E-state index in [1.54, 1.807) is 79.0 Å². The standard InChI is InChI=1S/C103H124N12O24/c1-58-89(126)90(127)79(40-42-87(104)123)107-56-68(47-62-24-20-25-62)97(134)113-102(5,100(137)111-82(57-116)98(135)110-60(3)94(131)109-59(2)93(105)130)45-19-12-10-8-6-7-9-11-18-44-101(4,92(129)91(128)80(41-43-88(124)125)114-115-81(48-63-30-33-69(117)34-31-63)84(122)52-66(95(132)108-58)49-67-55-106-78-28-17-16-27-73(67)78)112-96(133)65(46-61-22-14-13-15-23-61)50-70(118)26-21-29-83(121)64-32-37-75-74(51-64)99(136)139-103(75)76-38-35-71(119)53-85(76)138-86-54-72(120)36-39-77(86)103/h8,10,13-17,22-23,27-28,30-39,51,53-55,58-60,62,65-66,68,79-82,106-107,114-117,119-120H,6-7,9,11-12,18-21,24-26,29,40-50,52,56-57H2,1-5H3,(H2,104,123)(H2,105,130)(H,108,132)(H,109,131)(H,110,135)(H,111,137)(H,112,133)(H,113,134)(H,124,125)/b10-8+/t58?,59?,60-,65+,66+,68+,79-,80-,81-,82?,101+,102-/m0/s1. The number of primary amides is 2. The number of para-hydroxylation sites is 1. The number of aliphatic hydroxyl groups excluding tert-OH is 1. The molecule has 1 aliphatic carbocycles. The molecular formula is C103H124N12O24. The van der Waals surface area contributed by atoms with Crippen LogP contribution in [0.5, 0.6) is 28.7 Å². The van der Waals surface area contributed by atoms with E-state index in [2.05, 4.69) is 53.1 Å². The molecule has 740 valence electrons. The average Bonchev–Trinajstić information content (AvgIpc) is 1.57. The molecule has 0 bridgehead atoms. The van der Waals surface area contributed by atoms with Crippen molar-refractivity contribution in [3.05, 3.63) is 196 Å². The minimum atomic E-state index is -2.11. The zero-order valence-electron chi connectivity index (χ0n) is 78.5. The van der Waals surface area contributed by atoms with Gasteiger partial charge in [0.25, 0.3) is 0 Å². The van der Waals surface area contributed by atoms with Crippen LogP contribution in [0.3, 0.4) is 0 Å². The maximum absolute atomic E-state index is 15.7. The Morgan fingerprint density at radius 3 is 1.90 bits per heavy atom. The fourth-order valence-corrected chi connectivity index (χ4v) is 18.0. The van der Waals surface area contributed by atoms with Crippen molar-refractivity contribution in [2.75, 3.05) is 13.2 Å². The van der Waals surface area contributed by atoms with E-state index in [0.717, 1.165) is 19.3 Å². The predicted molar refractivity (Wildman–Crippen MR) is 508 cm³/mol. The van der Waals surface area contributed by atoms with E-state index < -0.39 is 215 Å². The molecule has 3 unspecified atom stereocenters. The monoisotopic (exact) mass is 1910 g/mol. The summed E-state index contributed by atoms with van der Waals surface area (Å²) in [5.74, 6) is -19.2. The van der Waals surface area contributed by atoms with Gasteiger partial charge in [0.2, 0.25) is 70.4 Å². The highest BCUT2D eigenvalue weighted by molar-refractivity contribution is 6.43. The number of rotatable bonds is 31. The van der Waals surface area contributed by atoms with E-state index in [0.29, 0.717) is 76.4 Å². The number of ketones is 7. The van der Waals surface area contributed by atoms with Crippen LogP contribution in [0.1, 0.15) is 230 Å². The number of allylic oxidation sites excluding steroid dienone is 2. The number of aromatic nitrogens is 1. The van der Waals surface area contributed by atoms with Crippen LogP contribution in [0, 0.1) is 23.7 Å². The number of carbonyl (C=O) groups excluding carboxylic acids is 16. The largest absolute Gasteiger partial charge is 0.508 e. The number of esters is 1. The van der Waals surface area contributed by atoms with Crippen LogP contribution in [0.2, 0.25) is 0 Å². The number of benzene rings is 6. The number of fused-ring (bicyclic) bond motifs is 7. The smallest absolute Gasteiger partial charge is 0.340 e. The van der Waals surface area contributed by atoms with Crippen molar-refractivity contribution in [1.82, 2.24) is 53.1 Å². The Bertz CT molecular complexity index is 5720. The van der Waals surface area contributed by atoms with Crippen molar-refractivity contribution >= 4 is 111 Å². The van der Waals surface area contributed by atoms with Gasteiger partial charge < -0.3 is 88.7 Å². The number of carboxylic acid groups (broad SMARTS) is 1. The molecule has 1 aromatic heterocycles. The summed E-state index contributed by atoms with van der Waals surface area (Å²) in [6, 6.07) is 24.0. The van der Waals surface area contributed by atoms with Crippen LogP contribution < -0.4 is 64.3 Å². The number of hydrogen-bond donors (Lipinski definition) is 17. The van der Waals surface area contributed by atoms with Gasteiger partial charge in [-0.2, -0.15) is 0 Å². The van der Waals surface area contributed by atoms with Crippen LogP contribution in [0.15, 0.2) is 152 Å². The third kappa shape index (κ3) is 27.7. The molecule has 0 radical (unpaired) electrons. The minimum Gasteiger partial charge on any atom is -0.508 e. The highest BCUT2D eigenvalue weighted by atomic mass is 16.6. The van der Waals surface area contributed by atoms with Crippen LogP contribution in [0.25, 0.3) is 10.9 Å². The number of phenolic OH excluding ortho intramolecular Hbond substituents is 3. The summed E-state index contributed by atoms with van der Waals surface area (Å²) >= 11 is 0. The first-order valence-corrected chi connectivity index (χ1v) is 47.3. The first kappa shape index (κ1) is 105. The summed E-state index contributed by atoms with van der Waals surface area (Å²) in [5, 5.41) is 71.6. The number of aromatic hydroxyl groups is 3. The van der Waals surface area contributed by atoms with E-state index in [1.165, 1.54) is 95.3 Å². The van der Waals surface area contributed by atoms with Crippen LogP contribution in [-0.2, 0) is 102 Å². The summed E-state index contributed by atoms with van der Waals surface area (Å²) in [5.41, 5.74) is 14.6. The molecule has 12 atom stereocenters. The first-order chi connectivity index (χ1) is 66.3. The molecule has 36 heteroatoms. The molecule has 4 heterocycles. The van der Waals surface area contributed by atoms with Gasteiger partial charge in [-0.05, 0) is 189 Å². The second-order valence-corrected chi connectivity index (χ2v) is 37.2. The van der Waals surface area contributed by atoms with E-state index in [-0.39, 0.29) is 129 Å². The fraction of sp³-hybridized carbons (Fsp3) is 0.447. The normalized spacial score (nSPS) is 22.3. The Hall–Kier alpha value is -14.0. The van der Waals surface area contributed by atoms with Crippen molar-refractivity contribution < 1.29 is 117 Å². The molecule has 3 aliphatic heterocycles. The number of aromatic amines is 1.